The van der Waals surface area contributed by atoms with Crippen molar-refractivity contribution in [3.63, 3.8) is 0 Å². The molecule has 1 amide bonds. The third kappa shape index (κ3) is 4.34. The molecule has 2 aromatic heterocycles. The first kappa shape index (κ1) is 17.8. The van der Waals surface area contributed by atoms with Gasteiger partial charge in [0.25, 0.3) is 0 Å². The van der Waals surface area contributed by atoms with Gasteiger partial charge in [0.2, 0.25) is 5.91 Å². The summed E-state index contributed by atoms with van der Waals surface area (Å²) in [5, 5.41) is 6.08. The summed E-state index contributed by atoms with van der Waals surface area (Å²) in [6.07, 6.45) is 2.50. The molecule has 1 fully saturated rings. The number of nitrogens with one attached hydrogen (secondary N) is 1. The van der Waals surface area contributed by atoms with Gasteiger partial charge in [-0.3, -0.25) is 4.79 Å². The summed E-state index contributed by atoms with van der Waals surface area (Å²) < 4.78 is 0. The van der Waals surface area contributed by atoms with Gasteiger partial charge in [0.05, 0.1) is 11.7 Å². The maximum Gasteiger partial charge on any atom is 0.223 e. The fourth-order valence-corrected chi connectivity index (χ4v) is 3.82. The van der Waals surface area contributed by atoms with Crippen LogP contribution in [0.3, 0.4) is 0 Å². The number of hydrogen-bond donors (Lipinski definition) is 1. The molecule has 1 aliphatic rings. The predicted molar refractivity (Wildman–Crippen MR) is 100 cm³/mol. The van der Waals surface area contributed by atoms with E-state index < -0.39 is 0 Å². The zero-order valence-corrected chi connectivity index (χ0v) is 16.1. The van der Waals surface area contributed by atoms with E-state index in [1.165, 1.54) is 0 Å². The van der Waals surface area contributed by atoms with E-state index in [2.05, 4.69) is 34.1 Å². The lowest BCUT2D eigenvalue weighted by molar-refractivity contribution is -0.133. The number of hydrogen-bond acceptors (Lipinski definition) is 6. The molecule has 7 heteroatoms. The van der Waals surface area contributed by atoms with Crippen LogP contribution in [0.5, 0.6) is 0 Å². The van der Waals surface area contributed by atoms with Gasteiger partial charge in [0.15, 0.2) is 11.0 Å². The summed E-state index contributed by atoms with van der Waals surface area (Å²) in [6.45, 7) is 8.87. The molecule has 1 unspecified atom stereocenters. The minimum atomic E-state index is -0.0234. The van der Waals surface area contributed by atoms with Gasteiger partial charge in [-0.1, -0.05) is 13.8 Å². The molecule has 3 heterocycles. The molecular weight excluding hydrogens is 334 g/mol. The molecule has 1 aliphatic heterocycles. The Hall–Kier alpha value is -2.02. The van der Waals surface area contributed by atoms with Gasteiger partial charge in [0, 0.05) is 30.1 Å². The third-order valence-electron chi connectivity index (χ3n) is 4.18. The number of rotatable bonds is 5. The van der Waals surface area contributed by atoms with Gasteiger partial charge in [-0.05, 0) is 32.6 Å². The summed E-state index contributed by atoms with van der Waals surface area (Å²) in [5.41, 5.74) is 1.88. The number of nitrogens with zero attached hydrogens (tertiary/aromatic N) is 4. The Kier molecular flexibility index (Phi) is 5.32. The first-order valence-electron chi connectivity index (χ1n) is 8.76. The maximum atomic E-state index is 12.5. The normalized spacial score (nSPS) is 17.3. The van der Waals surface area contributed by atoms with Gasteiger partial charge in [-0.15, -0.1) is 11.3 Å². The molecule has 1 N–H and O–H groups in total. The van der Waals surface area contributed by atoms with E-state index >= 15 is 0 Å². The monoisotopic (exact) mass is 359 g/mol. The fourth-order valence-electron chi connectivity index (χ4n) is 3.13. The van der Waals surface area contributed by atoms with Crippen LogP contribution >= 0.6 is 11.3 Å². The summed E-state index contributed by atoms with van der Waals surface area (Å²) in [5.74, 6) is 2.02. The molecule has 1 saturated heterocycles. The molecular formula is C18H25N5OS. The molecule has 0 bridgehead atoms. The lowest BCUT2D eigenvalue weighted by Crippen LogP contribution is -2.32. The van der Waals surface area contributed by atoms with E-state index in [0.29, 0.717) is 12.3 Å². The molecule has 2 aromatic rings. The van der Waals surface area contributed by atoms with Gasteiger partial charge in [-0.2, -0.15) is 0 Å². The molecule has 134 valence electrons. The van der Waals surface area contributed by atoms with Crippen LogP contribution in [0.2, 0.25) is 0 Å². The largest absolute Gasteiger partial charge is 0.332 e. The lowest BCUT2D eigenvalue weighted by Gasteiger charge is -2.25. The number of carbonyl (C=O) groups is 1. The van der Waals surface area contributed by atoms with E-state index in [9.17, 15) is 4.79 Å². The molecule has 0 aliphatic carbocycles. The average molecular weight is 359 g/mol. The molecule has 0 aromatic carbocycles. The van der Waals surface area contributed by atoms with Crippen molar-refractivity contribution in [1.82, 2.24) is 19.9 Å². The van der Waals surface area contributed by atoms with E-state index in [1.807, 2.05) is 30.2 Å². The topological polar surface area (TPSA) is 71.0 Å². The Morgan fingerprint density at radius 3 is 2.80 bits per heavy atom. The van der Waals surface area contributed by atoms with Crippen LogP contribution in [0.25, 0.3) is 0 Å². The molecule has 6 nitrogen and oxygen atoms in total. The highest BCUT2D eigenvalue weighted by atomic mass is 32.1. The first-order chi connectivity index (χ1) is 11.9. The van der Waals surface area contributed by atoms with Crippen LogP contribution < -0.4 is 5.32 Å². The Morgan fingerprint density at radius 2 is 2.12 bits per heavy atom. The van der Waals surface area contributed by atoms with Crippen molar-refractivity contribution < 1.29 is 4.79 Å². The fraction of sp³-hybridized carbons (Fsp3) is 0.556. The molecule has 0 saturated carbocycles. The van der Waals surface area contributed by atoms with E-state index in [-0.39, 0.29) is 11.9 Å². The van der Waals surface area contributed by atoms with Crippen LogP contribution in [0.1, 0.15) is 56.4 Å². The summed E-state index contributed by atoms with van der Waals surface area (Å²) in [6, 6.07) is 1.89. The standard InChI is InChI=1S/C18H25N5OS/c1-11(2)8-16(24)23-7-5-6-14(23)17-19-12(3)9-15(21-17)22-18-20-13(4)10-25-18/h9-11,14H,5-8H2,1-4H3,(H,19,20,21,22). The quantitative estimate of drug-likeness (QED) is 0.873. The van der Waals surface area contributed by atoms with Crippen LogP contribution in [-0.2, 0) is 4.79 Å². The van der Waals surface area contributed by atoms with Crippen molar-refractivity contribution in [2.24, 2.45) is 5.92 Å². The third-order valence-corrected chi connectivity index (χ3v) is 5.06. The van der Waals surface area contributed by atoms with E-state index in [0.717, 1.165) is 47.5 Å². The smallest absolute Gasteiger partial charge is 0.223 e. The minimum absolute atomic E-state index is 0.0234. The Balaban J connectivity index is 1.82. The zero-order valence-electron chi connectivity index (χ0n) is 15.2. The highest BCUT2D eigenvalue weighted by Crippen LogP contribution is 2.32. The summed E-state index contributed by atoms with van der Waals surface area (Å²) >= 11 is 1.55. The summed E-state index contributed by atoms with van der Waals surface area (Å²) in [7, 11) is 0. The SMILES string of the molecule is Cc1cc(Nc2nc(C)cs2)nc(C2CCCN2C(=O)CC(C)C)n1. The van der Waals surface area contributed by atoms with Crippen molar-refractivity contribution in [3.05, 3.63) is 28.7 Å². The number of carbonyl (C=O) groups excluding carboxylic acids is 1. The zero-order chi connectivity index (χ0) is 18.0. The predicted octanol–water partition coefficient (Wildman–Crippen LogP) is 4.00. The second kappa shape index (κ2) is 7.47. The van der Waals surface area contributed by atoms with Crippen LogP contribution in [0.4, 0.5) is 10.9 Å². The van der Waals surface area contributed by atoms with Gasteiger partial charge >= 0.3 is 0 Å². The van der Waals surface area contributed by atoms with E-state index in [4.69, 9.17) is 0 Å². The minimum Gasteiger partial charge on any atom is -0.332 e. The van der Waals surface area contributed by atoms with Crippen LogP contribution in [0, 0.1) is 19.8 Å². The molecule has 0 spiro atoms. The molecule has 0 radical (unpaired) electrons. The number of amides is 1. The molecule has 1 atom stereocenters. The van der Waals surface area contributed by atoms with Gasteiger partial charge in [0.1, 0.15) is 5.82 Å². The van der Waals surface area contributed by atoms with Gasteiger partial charge in [-0.25, -0.2) is 15.0 Å². The Bertz CT molecular complexity index is 758. The average Bonchev–Trinajstić information content (AvgIpc) is 3.15. The molecule has 3 rings (SSSR count). The second-order valence-electron chi connectivity index (χ2n) is 7.01. The number of thiazole rings is 1. The van der Waals surface area contributed by atoms with Gasteiger partial charge < -0.3 is 10.2 Å². The highest BCUT2D eigenvalue weighted by molar-refractivity contribution is 7.13. The van der Waals surface area contributed by atoms with Crippen molar-refractivity contribution >= 4 is 28.2 Å². The van der Waals surface area contributed by atoms with Crippen molar-refractivity contribution in [2.45, 2.75) is 53.0 Å². The molecule has 25 heavy (non-hydrogen) atoms. The lowest BCUT2D eigenvalue weighted by atomic mass is 10.1. The Morgan fingerprint density at radius 1 is 1.32 bits per heavy atom. The van der Waals surface area contributed by atoms with Crippen molar-refractivity contribution in [3.8, 4) is 0 Å². The van der Waals surface area contributed by atoms with Crippen LogP contribution in [-0.4, -0.2) is 32.3 Å². The second-order valence-corrected chi connectivity index (χ2v) is 7.87. The number of anilines is 2. The Labute approximate surface area is 152 Å². The number of aromatic nitrogens is 3. The van der Waals surface area contributed by atoms with Crippen LogP contribution in [0.15, 0.2) is 11.4 Å². The number of likely N-dealkylation sites (tertiary alicyclic amines) is 1. The van der Waals surface area contributed by atoms with Crippen molar-refractivity contribution in [2.75, 3.05) is 11.9 Å². The van der Waals surface area contributed by atoms with Crippen molar-refractivity contribution in [1.29, 1.82) is 0 Å². The maximum absolute atomic E-state index is 12.5. The first-order valence-corrected chi connectivity index (χ1v) is 9.64. The highest BCUT2D eigenvalue weighted by Gasteiger charge is 2.32. The van der Waals surface area contributed by atoms with E-state index in [1.54, 1.807) is 11.3 Å². The summed E-state index contributed by atoms with van der Waals surface area (Å²) in [4.78, 5) is 28.2. The number of aryl methyl sites for hydroxylation is 2.